The van der Waals surface area contributed by atoms with E-state index >= 15 is 0 Å². The molecule has 0 radical (unpaired) electrons. The van der Waals surface area contributed by atoms with Gasteiger partial charge in [-0.15, -0.1) is 0 Å². The Morgan fingerprint density at radius 1 is 1.00 bits per heavy atom. The molecular formula is C19H26N2O4S. The van der Waals surface area contributed by atoms with Crippen molar-refractivity contribution in [3.05, 3.63) is 30.3 Å². The normalized spacial score (nSPS) is 27.7. The first-order valence-electron chi connectivity index (χ1n) is 9.19. The molecule has 1 aromatic carbocycles. The summed E-state index contributed by atoms with van der Waals surface area (Å²) in [6.45, 7) is 0. The van der Waals surface area contributed by atoms with E-state index in [0.717, 1.165) is 5.69 Å². The predicted octanol–water partition coefficient (Wildman–Crippen LogP) is 2.08. The molecule has 0 aromatic heterocycles. The molecule has 1 N–H and O–H groups in total. The van der Waals surface area contributed by atoms with Gasteiger partial charge in [-0.2, -0.15) is 0 Å². The minimum absolute atomic E-state index is 0.0114. The number of carbonyl (C=O) groups excluding carboxylic acids is 2. The fraction of sp³-hybridized carbons (Fsp3) is 0.579. The number of amides is 2. The highest BCUT2D eigenvalue weighted by atomic mass is 32.2. The van der Waals surface area contributed by atoms with Gasteiger partial charge in [-0.05, 0) is 44.2 Å². The molecule has 0 spiro atoms. The lowest BCUT2D eigenvalue weighted by molar-refractivity contribution is -0.138. The van der Waals surface area contributed by atoms with Crippen molar-refractivity contribution < 1.29 is 18.0 Å². The van der Waals surface area contributed by atoms with E-state index in [2.05, 4.69) is 5.32 Å². The van der Waals surface area contributed by atoms with Crippen LogP contribution in [-0.4, -0.2) is 49.7 Å². The zero-order valence-corrected chi connectivity index (χ0v) is 15.9. The third-order valence-corrected chi connectivity index (χ3v) is 7.34. The van der Waals surface area contributed by atoms with Crippen LogP contribution in [0.2, 0.25) is 0 Å². The van der Waals surface area contributed by atoms with E-state index in [-0.39, 0.29) is 41.2 Å². The average molecular weight is 378 g/mol. The predicted molar refractivity (Wildman–Crippen MR) is 100 cm³/mol. The van der Waals surface area contributed by atoms with Crippen molar-refractivity contribution in [3.8, 4) is 0 Å². The molecule has 142 valence electrons. The minimum Gasteiger partial charge on any atom is -0.341 e. The van der Waals surface area contributed by atoms with Crippen LogP contribution in [0.1, 0.15) is 32.1 Å². The molecule has 1 aliphatic heterocycles. The second kappa shape index (κ2) is 7.78. The fourth-order valence-electron chi connectivity index (χ4n) is 3.92. The third kappa shape index (κ3) is 4.44. The molecule has 0 bridgehead atoms. The maximum absolute atomic E-state index is 12.7. The largest absolute Gasteiger partial charge is 0.341 e. The first-order valence-corrected chi connectivity index (χ1v) is 11.0. The molecule has 1 unspecified atom stereocenters. The first kappa shape index (κ1) is 18.9. The van der Waals surface area contributed by atoms with Crippen molar-refractivity contribution in [1.82, 2.24) is 4.90 Å². The summed E-state index contributed by atoms with van der Waals surface area (Å²) in [6.07, 6.45) is 3.25. The molecule has 1 aliphatic carbocycles. The molecule has 2 fully saturated rings. The number of rotatable bonds is 4. The Kier molecular flexibility index (Phi) is 5.65. The van der Waals surface area contributed by atoms with Crippen molar-refractivity contribution >= 4 is 27.3 Å². The average Bonchev–Trinajstić information content (AvgIpc) is 3.01. The molecule has 1 saturated heterocycles. The van der Waals surface area contributed by atoms with Crippen LogP contribution in [0.3, 0.4) is 0 Å². The van der Waals surface area contributed by atoms with Crippen LogP contribution >= 0.6 is 0 Å². The lowest BCUT2D eigenvalue weighted by Crippen LogP contribution is -2.42. The number of anilines is 1. The van der Waals surface area contributed by atoms with Gasteiger partial charge >= 0.3 is 0 Å². The highest BCUT2D eigenvalue weighted by Crippen LogP contribution is 2.32. The number of carbonyl (C=O) groups is 2. The van der Waals surface area contributed by atoms with Crippen molar-refractivity contribution in [2.75, 3.05) is 23.9 Å². The lowest BCUT2D eigenvalue weighted by atomic mass is 9.80. The maximum atomic E-state index is 12.7. The van der Waals surface area contributed by atoms with Crippen LogP contribution in [-0.2, 0) is 19.4 Å². The number of para-hydroxylation sites is 1. The van der Waals surface area contributed by atoms with Gasteiger partial charge in [0, 0.05) is 30.6 Å². The molecule has 26 heavy (non-hydrogen) atoms. The molecule has 1 saturated carbocycles. The van der Waals surface area contributed by atoms with Crippen LogP contribution < -0.4 is 5.32 Å². The Hall–Kier alpha value is -1.89. The number of nitrogens with zero attached hydrogens (tertiary/aromatic N) is 1. The highest BCUT2D eigenvalue weighted by molar-refractivity contribution is 7.91. The monoisotopic (exact) mass is 378 g/mol. The highest BCUT2D eigenvalue weighted by Gasteiger charge is 2.37. The Morgan fingerprint density at radius 3 is 2.19 bits per heavy atom. The molecule has 3 rings (SSSR count). The number of hydrogen-bond acceptors (Lipinski definition) is 4. The van der Waals surface area contributed by atoms with E-state index in [1.807, 2.05) is 30.3 Å². The molecule has 7 heteroatoms. The summed E-state index contributed by atoms with van der Waals surface area (Å²) < 4.78 is 23.3. The van der Waals surface area contributed by atoms with Crippen LogP contribution in [0.15, 0.2) is 30.3 Å². The van der Waals surface area contributed by atoms with E-state index in [1.54, 1.807) is 11.9 Å². The first-order chi connectivity index (χ1) is 12.4. The van der Waals surface area contributed by atoms with Crippen molar-refractivity contribution in [2.45, 2.75) is 38.1 Å². The maximum Gasteiger partial charge on any atom is 0.227 e. The molecule has 1 atom stereocenters. The van der Waals surface area contributed by atoms with Gasteiger partial charge in [-0.3, -0.25) is 9.59 Å². The Balaban J connectivity index is 1.50. The number of hydrogen-bond donors (Lipinski definition) is 1. The molecule has 1 aromatic rings. The van der Waals surface area contributed by atoms with Gasteiger partial charge < -0.3 is 10.2 Å². The topological polar surface area (TPSA) is 83.6 Å². The zero-order chi connectivity index (χ0) is 18.7. The minimum atomic E-state index is -3.00. The fourth-order valence-corrected chi connectivity index (χ4v) is 5.69. The number of benzene rings is 1. The van der Waals surface area contributed by atoms with Gasteiger partial charge in [0.2, 0.25) is 11.8 Å². The van der Waals surface area contributed by atoms with E-state index in [0.29, 0.717) is 32.1 Å². The van der Waals surface area contributed by atoms with E-state index in [4.69, 9.17) is 0 Å². The van der Waals surface area contributed by atoms with Crippen LogP contribution in [0.5, 0.6) is 0 Å². The number of sulfone groups is 1. The molecule has 2 aliphatic rings. The summed E-state index contributed by atoms with van der Waals surface area (Å²) in [4.78, 5) is 26.7. The molecule has 1 heterocycles. The smallest absolute Gasteiger partial charge is 0.227 e. The molecule has 6 nitrogen and oxygen atoms in total. The van der Waals surface area contributed by atoms with Crippen molar-refractivity contribution in [3.63, 3.8) is 0 Å². The third-order valence-electron chi connectivity index (χ3n) is 5.59. The van der Waals surface area contributed by atoms with Crippen molar-refractivity contribution in [1.29, 1.82) is 0 Å². The summed E-state index contributed by atoms with van der Waals surface area (Å²) >= 11 is 0. The van der Waals surface area contributed by atoms with Crippen LogP contribution in [0, 0.1) is 11.8 Å². The van der Waals surface area contributed by atoms with Gasteiger partial charge in [-0.1, -0.05) is 18.2 Å². The zero-order valence-electron chi connectivity index (χ0n) is 15.1. The van der Waals surface area contributed by atoms with Gasteiger partial charge in [0.25, 0.3) is 0 Å². The Labute approximate surface area is 154 Å². The Bertz CT molecular complexity index is 755. The summed E-state index contributed by atoms with van der Waals surface area (Å²) in [5, 5.41) is 2.93. The second-order valence-corrected chi connectivity index (χ2v) is 9.64. The van der Waals surface area contributed by atoms with Crippen LogP contribution in [0.4, 0.5) is 5.69 Å². The van der Waals surface area contributed by atoms with E-state index in [9.17, 15) is 18.0 Å². The van der Waals surface area contributed by atoms with Gasteiger partial charge in [0.05, 0.1) is 11.5 Å². The van der Waals surface area contributed by atoms with E-state index in [1.165, 1.54) is 0 Å². The summed E-state index contributed by atoms with van der Waals surface area (Å²) in [7, 11) is -1.29. The van der Waals surface area contributed by atoms with Crippen LogP contribution in [0.25, 0.3) is 0 Å². The van der Waals surface area contributed by atoms with Gasteiger partial charge in [-0.25, -0.2) is 8.42 Å². The van der Waals surface area contributed by atoms with E-state index < -0.39 is 9.84 Å². The van der Waals surface area contributed by atoms with Crippen molar-refractivity contribution in [2.24, 2.45) is 11.8 Å². The summed E-state index contributed by atoms with van der Waals surface area (Å²) in [6, 6.07) is 9.18. The SMILES string of the molecule is CN(C(=O)C1CCC(C(=O)Nc2ccccc2)CC1)C1CCS(=O)(=O)C1. The Morgan fingerprint density at radius 2 is 1.62 bits per heavy atom. The second-order valence-electron chi connectivity index (χ2n) is 7.41. The van der Waals surface area contributed by atoms with Gasteiger partial charge in [0.15, 0.2) is 9.84 Å². The number of nitrogens with one attached hydrogen (secondary N) is 1. The summed E-state index contributed by atoms with van der Waals surface area (Å²) in [5.41, 5.74) is 0.790. The standard InChI is InChI=1S/C19H26N2O4S/c1-21(17-11-12-26(24,25)13-17)19(23)15-9-7-14(8-10-15)18(22)20-16-5-3-2-4-6-16/h2-6,14-15,17H,7-13H2,1H3,(H,20,22). The lowest BCUT2D eigenvalue weighted by Gasteiger charge is -2.32. The molecular weight excluding hydrogens is 352 g/mol. The van der Waals surface area contributed by atoms with Gasteiger partial charge in [0.1, 0.15) is 0 Å². The quantitative estimate of drug-likeness (QED) is 0.869. The summed E-state index contributed by atoms with van der Waals surface area (Å²) in [5.74, 6) is 0.0954. The molecule has 2 amide bonds.